The van der Waals surface area contributed by atoms with Gasteiger partial charge >= 0.3 is 0 Å². The molecule has 0 amide bonds. The highest BCUT2D eigenvalue weighted by Crippen LogP contribution is 2.22. The Balaban J connectivity index is 2.12. The molecular formula is C15H24N2O3S. The van der Waals surface area contributed by atoms with E-state index in [-0.39, 0.29) is 12.6 Å². The van der Waals surface area contributed by atoms with Crippen LogP contribution >= 0.6 is 0 Å². The Kier molecular flexibility index (Phi) is 5.37. The van der Waals surface area contributed by atoms with Crippen LogP contribution in [0.15, 0.2) is 24.3 Å². The predicted molar refractivity (Wildman–Crippen MR) is 83.0 cm³/mol. The van der Waals surface area contributed by atoms with E-state index in [1.54, 1.807) is 7.05 Å². The number of rotatable bonds is 5. The Bertz CT molecular complexity index is 557. The van der Waals surface area contributed by atoms with Crippen LogP contribution in [0.4, 0.5) is 0 Å². The highest BCUT2D eigenvalue weighted by molar-refractivity contribution is 7.86. The van der Waals surface area contributed by atoms with Crippen molar-refractivity contribution >= 4 is 10.2 Å². The number of hydrogen-bond acceptors (Lipinski definition) is 3. The zero-order chi connectivity index (χ0) is 15.5. The number of piperidine rings is 1. The summed E-state index contributed by atoms with van der Waals surface area (Å²) in [6.07, 6.45) is 2.56. The first-order valence-corrected chi connectivity index (χ1v) is 8.74. The molecule has 1 saturated heterocycles. The number of aliphatic hydroxyl groups is 1. The fourth-order valence-electron chi connectivity index (χ4n) is 2.67. The lowest BCUT2D eigenvalue weighted by Crippen LogP contribution is -2.50. The molecule has 0 saturated carbocycles. The fraction of sp³-hybridized carbons (Fsp3) is 0.600. The Morgan fingerprint density at radius 1 is 1.29 bits per heavy atom. The van der Waals surface area contributed by atoms with Crippen molar-refractivity contribution in [3.05, 3.63) is 35.4 Å². The van der Waals surface area contributed by atoms with Crippen LogP contribution in [-0.2, 0) is 16.8 Å². The van der Waals surface area contributed by atoms with E-state index < -0.39 is 10.2 Å². The van der Waals surface area contributed by atoms with Crippen molar-refractivity contribution in [1.82, 2.24) is 8.61 Å². The van der Waals surface area contributed by atoms with Gasteiger partial charge in [-0.3, -0.25) is 0 Å². The molecule has 118 valence electrons. The van der Waals surface area contributed by atoms with Gasteiger partial charge in [-0.15, -0.1) is 0 Å². The molecule has 1 atom stereocenters. The van der Waals surface area contributed by atoms with Crippen molar-refractivity contribution < 1.29 is 13.5 Å². The van der Waals surface area contributed by atoms with E-state index in [1.165, 1.54) is 8.61 Å². The van der Waals surface area contributed by atoms with Gasteiger partial charge < -0.3 is 5.11 Å². The molecule has 1 aliphatic heterocycles. The zero-order valence-electron chi connectivity index (χ0n) is 12.7. The Hall–Kier alpha value is -0.950. The first-order chi connectivity index (χ1) is 9.95. The summed E-state index contributed by atoms with van der Waals surface area (Å²) in [5.74, 6) is 0. The van der Waals surface area contributed by atoms with E-state index in [0.29, 0.717) is 13.1 Å². The standard InChI is InChI=1S/C15H24N2O3S/c1-13-6-8-14(9-7-13)11-16(2)21(19,20)17-10-4-3-5-15(17)12-18/h6-9,15,18H,3-5,10-12H2,1-2H3. The molecule has 0 radical (unpaired) electrons. The molecule has 0 bridgehead atoms. The fourth-order valence-corrected chi connectivity index (χ4v) is 4.25. The maximum atomic E-state index is 12.7. The topological polar surface area (TPSA) is 60.9 Å². The minimum atomic E-state index is -3.52. The second kappa shape index (κ2) is 6.87. The van der Waals surface area contributed by atoms with E-state index >= 15 is 0 Å². The van der Waals surface area contributed by atoms with Gasteiger partial charge in [0.1, 0.15) is 0 Å². The number of aryl methyl sites for hydroxylation is 1. The van der Waals surface area contributed by atoms with Gasteiger partial charge in [0, 0.05) is 26.2 Å². The third-order valence-corrected chi connectivity index (χ3v) is 5.99. The van der Waals surface area contributed by atoms with E-state index in [0.717, 1.165) is 30.4 Å². The number of benzene rings is 1. The Morgan fingerprint density at radius 2 is 1.95 bits per heavy atom. The zero-order valence-corrected chi connectivity index (χ0v) is 13.5. The second-order valence-electron chi connectivity index (χ2n) is 5.69. The van der Waals surface area contributed by atoms with E-state index in [1.807, 2.05) is 31.2 Å². The molecule has 0 spiro atoms. The lowest BCUT2D eigenvalue weighted by molar-refractivity contribution is 0.149. The summed E-state index contributed by atoms with van der Waals surface area (Å²) in [4.78, 5) is 0. The monoisotopic (exact) mass is 312 g/mol. The highest BCUT2D eigenvalue weighted by atomic mass is 32.2. The minimum absolute atomic E-state index is 0.113. The Labute approximate surface area is 127 Å². The lowest BCUT2D eigenvalue weighted by atomic mass is 10.1. The van der Waals surface area contributed by atoms with Crippen LogP contribution in [0.1, 0.15) is 30.4 Å². The van der Waals surface area contributed by atoms with Gasteiger partial charge in [-0.05, 0) is 25.3 Å². The molecule has 5 nitrogen and oxygen atoms in total. The summed E-state index contributed by atoms with van der Waals surface area (Å²) in [6.45, 7) is 2.73. The summed E-state index contributed by atoms with van der Waals surface area (Å²) in [6, 6.07) is 7.56. The van der Waals surface area contributed by atoms with Crippen LogP contribution in [0.3, 0.4) is 0 Å². The van der Waals surface area contributed by atoms with Crippen LogP contribution in [0, 0.1) is 6.92 Å². The molecule has 1 unspecified atom stereocenters. The maximum Gasteiger partial charge on any atom is 0.282 e. The van der Waals surface area contributed by atoms with Crippen molar-refractivity contribution in [3.63, 3.8) is 0 Å². The average Bonchev–Trinajstić information content (AvgIpc) is 2.49. The molecule has 2 rings (SSSR count). The van der Waals surface area contributed by atoms with Crippen molar-refractivity contribution in [2.75, 3.05) is 20.2 Å². The average molecular weight is 312 g/mol. The summed E-state index contributed by atoms with van der Waals surface area (Å²) >= 11 is 0. The maximum absolute atomic E-state index is 12.7. The highest BCUT2D eigenvalue weighted by Gasteiger charge is 2.34. The van der Waals surface area contributed by atoms with Crippen LogP contribution in [0.2, 0.25) is 0 Å². The first-order valence-electron chi connectivity index (χ1n) is 7.34. The number of nitrogens with zero attached hydrogens (tertiary/aromatic N) is 2. The summed E-state index contributed by atoms with van der Waals surface area (Å²) in [5.41, 5.74) is 2.12. The van der Waals surface area contributed by atoms with Crippen molar-refractivity contribution in [2.24, 2.45) is 0 Å². The molecule has 0 aromatic heterocycles. The summed E-state index contributed by atoms with van der Waals surface area (Å²) in [5, 5.41) is 9.40. The van der Waals surface area contributed by atoms with Gasteiger partial charge in [0.2, 0.25) is 0 Å². The van der Waals surface area contributed by atoms with Crippen molar-refractivity contribution in [3.8, 4) is 0 Å². The molecule has 21 heavy (non-hydrogen) atoms. The van der Waals surface area contributed by atoms with E-state index in [4.69, 9.17) is 0 Å². The number of aliphatic hydroxyl groups excluding tert-OH is 1. The predicted octanol–water partition coefficient (Wildman–Crippen LogP) is 1.52. The third-order valence-electron chi connectivity index (χ3n) is 4.00. The van der Waals surface area contributed by atoms with Gasteiger partial charge in [-0.2, -0.15) is 17.0 Å². The summed E-state index contributed by atoms with van der Waals surface area (Å²) in [7, 11) is -1.93. The molecule has 1 N–H and O–H groups in total. The van der Waals surface area contributed by atoms with Gasteiger partial charge in [-0.25, -0.2) is 0 Å². The normalized spacial score (nSPS) is 20.9. The Morgan fingerprint density at radius 3 is 2.57 bits per heavy atom. The molecule has 1 heterocycles. The van der Waals surface area contributed by atoms with Crippen LogP contribution in [0.25, 0.3) is 0 Å². The van der Waals surface area contributed by atoms with Gasteiger partial charge in [-0.1, -0.05) is 36.2 Å². The van der Waals surface area contributed by atoms with Crippen LogP contribution in [0.5, 0.6) is 0 Å². The number of hydrogen-bond donors (Lipinski definition) is 1. The molecule has 1 aromatic carbocycles. The third kappa shape index (κ3) is 3.83. The molecule has 6 heteroatoms. The molecule has 1 aliphatic rings. The van der Waals surface area contributed by atoms with E-state index in [9.17, 15) is 13.5 Å². The van der Waals surface area contributed by atoms with E-state index in [2.05, 4.69) is 0 Å². The van der Waals surface area contributed by atoms with Crippen LogP contribution < -0.4 is 0 Å². The quantitative estimate of drug-likeness (QED) is 0.897. The molecule has 1 fully saturated rings. The lowest BCUT2D eigenvalue weighted by Gasteiger charge is -2.36. The largest absolute Gasteiger partial charge is 0.395 e. The SMILES string of the molecule is Cc1ccc(CN(C)S(=O)(=O)N2CCCCC2CO)cc1. The van der Waals surface area contributed by atoms with Gasteiger partial charge in [0.15, 0.2) is 0 Å². The molecule has 1 aromatic rings. The van der Waals surface area contributed by atoms with Crippen LogP contribution in [-0.4, -0.2) is 48.4 Å². The smallest absolute Gasteiger partial charge is 0.282 e. The van der Waals surface area contributed by atoms with Gasteiger partial charge in [0.05, 0.1) is 6.61 Å². The second-order valence-corrected chi connectivity index (χ2v) is 7.68. The summed E-state index contributed by atoms with van der Waals surface area (Å²) < 4.78 is 28.1. The van der Waals surface area contributed by atoms with Gasteiger partial charge in [0.25, 0.3) is 10.2 Å². The molecule has 0 aliphatic carbocycles. The van der Waals surface area contributed by atoms with Crippen molar-refractivity contribution in [1.29, 1.82) is 0 Å². The molecular weight excluding hydrogens is 288 g/mol. The minimum Gasteiger partial charge on any atom is -0.395 e. The first kappa shape index (κ1) is 16.4. The van der Waals surface area contributed by atoms with Crippen molar-refractivity contribution in [2.45, 2.75) is 38.8 Å².